The van der Waals surface area contributed by atoms with Gasteiger partial charge in [0.05, 0.1) is 16.9 Å². The lowest BCUT2D eigenvalue weighted by Crippen LogP contribution is -2.30. The van der Waals surface area contributed by atoms with Gasteiger partial charge in [0.25, 0.3) is 11.1 Å². The molecule has 1 aliphatic rings. The van der Waals surface area contributed by atoms with E-state index in [2.05, 4.69) is 0 Å². The number of nitro benzene ring substituents is 1. The Bertz CT molecular complexity index is 974. The molecule has 0 aliphatic carbocycles. The van der Waals surface area contributed by atoms with Gasteiger partial charge in [-0.25, -0.2) is 0 Å². The van der Waals surface area contributed by atoms with Gasteiger partial charge in [-0.3, -0.25) is 24.6 Å². The van der Waals surface area contributed by atoms with E-state index in [9.17, 15) is 24.8 Å². The molecular formula is C19H16N2O6S. The van der Waals surface area contributed by atoms with Crippen molar-refractivity contribution in [3.05, 3.63) is 68.6 Å². The summed E-state index contributed by atoms with van der Waals surface area (Å²) in [7, 11) is 1.26. The molecule has 1 saturated heterocycles. The molecule has 0 saturated carbocycles. The number of phenols is 1. The molecule has 1 aliphatic heterocycles. The Morgan fingerprint density at radius 3 is 2.61 bits per heavy atom. The standard InChI is InChI=1S/C19H16N2O6S/c1-27-15-10-13(9-14(17(15)22)21(25)26)11-16-18(23)20(19(24)28-16)8-7-12-5-3-2-4-6-12/h2-6,9-11,22H,7-8H2,1H3/b16-11-. The minimum absolute atomic E-state index is 0.0937. The van der Waals surface area contributed by atoms with Crippen LogP contribution < -0.4 is 4.74 Å². The van der Waals surface area contributed by atoms with Crippen LogP contribution in [0.2, 0.25) is 0 Å². The summed E-state index contributed by atoms with van der Waals surface area (Å²) in [6, 6.07) is 12.0. The number of benzene rings is 2. The number of aromatic hydroxyl groups is 1. The van der Waals surface area contributed by atoms with E-state index in [1.54, 1.807) is 0 Å². The molecule has 0 aromatic heterocycles. The normalized spacial score (nSPS) is 15.3. The maximum Gasteiger partial charge on any atom is 0.315 e. The van der Waals surface area contributed by atoms with Crippen LogP contribution in [0.3, 0.4) is 0 Å². The number of nitro groups is 1. The van der Waals surface area contributed by atoms with E-state index in [1.807, 2.05) is 30.3 Å². The predicted octanol–water partition coefficient (Wildman–Crippen LogP) is 3.59. The third-order valence-electron chi connectivity index (χ3n) is 4.13. The van der Waals surface area contributed by atoms with Crippen molar-refractivity contribution in [1.82, 2.24) is 4.90 Å². The van der Waals surface area contributed by atoms with Crippen molar-refractivity contribution in [2.45, 2.75) is 6.42 Å². The second-order valence-electron chi connectivity index (χ2n) is 5.92. The first-order valence-corrected chi connectivity index (χ1v) is 9.07. The van der Waals surface area contributed by atoms with Crippen molar-refractivity contribution in [3.63, 3.8) is 0 Å². The highest BCUT2D eigenvalue weighted by Gasteiger charge is 2.34. The summed E-state index contributed by atoms with van der Waals surface area (Å²) in [4.78, 5) is 36.5. The molecule has 2 aromatic rings. The van der Waals surface area contributed by atoms with Crippen molar-refractivity contribution >= 4 is 34.7 Å². The van der Waals surface area contributed by atoms with Crippen LogP contribution in [0, 0.1) is 10.1 Å². The number of imide groups is 1. The van der Waals surface area contributed by atoms with Crippen LogP contribution >= 0.6 is 11.8 Å². The molecule has 1 N–H and O–H groups in total. The number of thioether (sulfide) groups is 1. The highest BCUT2D eigenvalue weighted by Crippen LogP contribution is 2.39. The Kier molecular flexibility index (Phi) is 5.65. The van der Waals surface area contributed by atoms with E-state index in [-0.39, 0.29) is 22.8 Å². The largest absolute Gasteiger partial charge is 0.500 e. The zero-order valence-corrected chi connectivity index (χ0v) is 15.6. The second-order valence-corrected chi connectivity index (χ2v) is 6.91. The predicted molar refractivity (Wildman–Crippen MR) is 104 cm³/mol. The van der Waals surface area contributed by atoms with E-state index in [1.165, 1.54) is 19.3 Å². The minimum atomic E-state index is -0.749. The first-order chi connectivity index (χ1) is 13.4. The summed E-state index contributed by atoms with van der Waals surface area (Å²) < 4.78 is 4.94. The van der Waals surface area contributed by atoms with Gasteiger partial charge in [0.15, 0.2) is 5.75 Å². The Morgan fingerprint density at radius 1 is 1.25 bits per heavy atom. The fourth-order valence-electron chi connectivity index (χ4n) is 2.72. The van der Waals surface area contributed by atoms with Gasteiger partial charge >= 0.3 is 5.69 Å². The molecule has 2 aromatic carbocycles. The van der Waals surface area contributed by atoms with Crippen LogP contribution in [0.1, 0.15) is 11.1 Å². The van der Waals surface area contributed by atoms with Gasteiger partial charge < -0.3 is 9.84 Å². The average Bonchev–Trinajstić information content (AvgIpc) is 2.94. The van der Waals surface area contributed by atoms with Crippen LogP contribution in [0.5, 0.6) is 11.5 Å². The van der Waals surface area contributed by atoms with Crippen LogP contribution in [-0.2, 0) is 11.2 Å². The zero-order valence-electron chi connectivity index (χ0n) is 14.8. The Morgan fingerprint density at radius 2 is 1.96 bits per heavy atom. The maximum absolute atomic E-state index is 12.6. The van der Waals surface area contributed by atoms with Crippen molar-refractivity contribution in [2.24, 2.45) is 0 Å². The number of ether oxygens (including phenoxy) is 1. The molecule has 8 nitrogen and oxygen atoms in total. The summed E-state index contributed by atoms with van der Waals surface area (Å²) in [6.45, 7) is 0.241. The van der Waals surface area contributed by atoms with E-state index in [4.69, 9.17) is 4.74 Å². The Labute approximate surface area is 164 Å². The summed E-state index contributed by atoms with van der Waals surface area (Å²) in [6.07, 6.45) is 1.91. The fourth-order valence-corrected chi connectivity index (χ4v) is 3.59. The monoisotopic (exact) mass is 400 g/mol. The van der Waals surface area contributed by atoms with Gasteiger partial charge in [-0.2, -0.15) is 0 Å². The number of hydrogen-bond acceptors (Lipinski definition) is 7. The lowest BCUT2D eigenvalue weighted by Gasteiger charge is -2.12. The highest BCUT2D eigenvalue weighted by molar-refractivity contribution is 8.18. The molecule has 0 radical (unpaired) electrons. The van der Waals surface area contributed by atoms with E-state index >= 15 is 0 Å². The molecular weight excluding hydrogens is 384 g/mol. The molecule has 144 valence electrons. The number of carbonyl (C=O) groups excluding carboxylic acids is 2. The smallest absolute Gasteiger partial charge is 0.315 e. The molecule has 3 rings (SSSR count). The molecule has 9 heteroatoms. The van der Waals surface area contributed by atoms with E-state index < -0.39 is 27.5 Å². The first-order valence-electron chi connectivity index (χ1n) is 8.25. The van der Waals surface area contributed by atoms with Gasteiger partial charge in [-0.15, -0.1) is 0 Å². The Balaban J connectivity index is 1.83. The number of carbonyl (C=O) groups is 2. The molecule has 1 fully saturated rings. The lowest BCUT2D eigenvalue weighted by atomic mass is 10.1. The molecule has 28 heavy (non-hydrogen) atoms. The van der Waals surface area contributed by atoms with Crippen LogP contribution in [-0.4, -0.2) is 39.7 Å². The quantitative estimate of drug-likeness (QED) is 0.448. The summed E-state index contributed by atoms with van der Waals surface area (Å²) in [5, 5.41) is 20.5. The molecule has 2 amide bonds. The van der Waals surface area contributed by atoms with Crippen molar-refractivity contribution in [1.29, 1.82) is 0 Å². The number of hydrogen-bond donors (Lipinski definition) is 1. The number of phenolic OH excluding ortho intramolecular Hbond substituents is 1. The van der Waals surface area contributed by atoms with Crippen LogP contribution in [0.15, 0.2) is 47.4 Å². The third-order valence-corrected chi connectivity index (χ3v) is 5.04. The molecule has 0 atom stereocenters. The minimum Gasteiger partial charge on any atom is -0.500 e. The van der Waals surface area contributed by atoms with Gasteiger partial charge in [-0.05, 0) is 41.5 Å². The van der Waals surface area contributed by atoms with E-state index in [0.717, 1.165) is 28.3 Å². The van der Waals surface area contributed by atoms with Gasteiger partial charge in [0, 0.05) is 12.6 Å². The second kappa shape index (κ2) is 8.13. The lowest BCUT2D eigenvalue weighted by molar-refractivity contribution is -0.386. The topological polar surface area (TPSA) is 110 Å². The van der Waals surface area contributed by atoms with Crippen LogP contribution in [0.4, 0.5) is 10.5 Å². The first kappa shape index (κ1) is 19.4. The van der Waals surface area contributed by atoms with Gasteiger partial charge in [0.1, 0.15) is 0 Å². The van der Waals surface area contributed by atoms with Crippen molar-refractivity contribution < 1.29 is 24.4 Å². The third kappa shape index (κ3) is 3.99. The molecule has 1 heterocycles. The number of methoxy groups -OCH3 is 1. The van der Waals surface area contributed by atoms with Crippen LogP contribution in [0.25, 0.3) is 6.08 Å². The number of rotatable bonds is 6. The number of nitrogens with zero attached hydrogens (tertiary/aromatic N) is 2. The molecule has 0 unspecified atom stereocenters. The summed E-state index contributed by atoms with van der Waals surface area (Å²) in [5.74, 6) is -1.15. The van der Waals surface area contributed by atoms with Gasteiger partial charge in [0.2, 0.25) is 5.75 Å². The number of amides is 2. The fraction of sp³-hybridized carbons (Fsp3) is 0.158. The highest BCUT2D eigenvalue weighted by atomic mass is 32.2. The van der Waals surface area contributed by atoms with Crippen molar-refractivity contribution in [2.75, 3.05) is 13.7 Å². The average molecular weight is 400 g/mol. The zero-order chi connectivity index (χ0) is 20.3. The maximum atomic E-state index is 12.6. The van der Waals surface area contributed by atoms with E-state index in [0.29, 0.717) is 6.42 Å². The summed E-state index contributed by atoms with van der Waals surface area (Å²) in [5.41, 5.74) is 0.730. The Hall–Kier alpha value is -3.33. The molecule has 0 bridgehead atoms. The SMILES string of the molecule is COc1cc(/C=C2\SC(=O)N(CCc3ccccc3)C2=O)cc([N+](=O)[O-])c1O. The van der Waals surface area contributed by atoms with Gasteiger partial charge in [-0.1, -0.05) is 30.3 Å². The molecule has 0 spiro atoms. The summed E-state index contributed by atoms with van der Waals surface area (Å²) >= 11 is 0.769. The van der Waals surface area contributed by atoms with Crippen molar-refractivity contribution in [3.8, 4) is 11.5 Å².